The van der Waals surface area contributed by atoms with E-state index in [2.05, 4.69) is 0 Å². The van der Waals surface area contributed by atoms with Crippen molar-refractivity contribution in [2.75, 3.05) is 48.0 Å². The van der Waals surface area contributed by atoms with E-state index in [1.807, 2.05) is 25.9 Å². The molecule has 3 rings (SSSR count). The zero-order valence-corrected chi connectivity index (χ0v) is 20.7. The number of rotatable bonds is 9. The fourth-order valence-electron chi connectivity index (χ4n) is 3.87. The molecule has 0 radical (unpaired) electrons. The second-order valence-corrected chi connectivity index (χ2v) is 8.39. The van der Waals surface area contributed by atoms with Crippen molar-refractivity contribution in [3.8, 4) is 17.2 Å². The van der Waals surface area contributed by atoms with Crippen molar-refractivity contribution >= 4 is 29.1 Å². The summed E-state index contributed by atoms with van der Waals surface area (Å²) in [7, 11) is 6.78. The third-order valence-electron chi connectivity index (χ3n) is 5.56. The smallest absolute Gasteiger partial charge is 0.295 e. The van der Waals surface area contributed by atoms with Crippen molar-refractivity contribution in [3.63, 3.8) is 0 Å². The van der Waals surface area contributed by atoms with Crippen LogP contribution in [0.3, 0.4) is 0 Å². The van der Waals surface area contributed by atoms with Gasteiger partial charge in [-0.1, -0.05) is 11.6 Å². The van der Waals surface area contributed by atoms with Gasteiger partial charge in [0.15, 0.2) is 0 Å². The minimum atomic E-state index is -0.879. The molecule has 0 saturated carbocycles. The van der Waals surface area contributed by atoms with E-state index in [0.717, 1.165) is 0 Å². The van der Waals surface area contributed by atoms with Gasteiger partial charge in [0.1, 0.15) is 23.0 Å². The minimum absolute atomic E-state index is 0.0458. The first-order valence-electron chi connectivity index (χ1n) is 10.8. The van der Waals surface area contributed by atoms with Crippen molar-refractivity contribution in [1.29, 1.82) is 0 Å². The van der Waals surface area contributed by atoms with E-state index in [4.69, 9.17) is 25.8 Å². The molecule has 1 saturated heterocycles. The van der Waals surface area contributed by atoms with Crippen LogP contribution in [-0.4, -0.2) is 74.6 Å². The van der Waals surface area contributed by atoms with Gasteiger partial charge in [-0.2, -0.15) is 0 Å². The summed E-state index contributed by atoms with van der Waals surface area (Å²) < 4.78 is 16.4. The first kappa shape index (κ1) is 25.4. The number of ether oxygens (including phenoxy) is 3. The molecular formula is C25H29ClN2O6. The van der Waals surface area contributed by atoms with Crippen molar-refractivity contribution in [1.82, 2.24) is 9.80 Å². The predicted octanol–water partition coefficient (Wildman–Crippen LogP) is 3.74. The highest BCUT2D eigenvalue weighted by atomic mass is 35.5. The molecule has 1 heterocycles. The predicted molar refractivity (Wildman–Crippen MR) is 130 cm³/mol. The Morgan fingerprint density at radius 3 is 2.38 bits per heavy atom. The summed E-state index contributed by atoms with van der Waals surface area (Å²) in [6.45, 7) is 3.05. The first-order chi connectivity index (χ1) is 16.2. The van der Waals surface area contributed by atoms with Gasteiger partial charge in [0.05, 0.1) is 37.5 Å². The van der Waals surface area contributed by atoms with Crippen LogP contribution in [0.4, 0.5) is 0 Å². The van der Waals surface area contributed by atoms with E-state index >= 15 is 0 Å². The van der Waals surface area contributed by atoms with Gasteiger partial charge in [0.2, 0.25) is 0 Å². The van der Waals surface area contributed by atoms with Crippen LogP contribution < -0.4 is 14.2 Å². The molecular weight excluding hydrogens is 460 g/mol. The number of carbonyl (C=O) groups excluding carboxylic acids is 2. The quantitative estimate of drug-likeness (QED) is 0.327. The van der Waals surface area contributed by atoms with E-state index in [1.165, 1.54) is 25.2 Å². The molecule has 1 amide bonds. The standard InChI is InChI=1S/C25H29ClN2O6/c1-6-34-20-9-7-15(13-18(20)26)23(29)21-22(17-14-16(32-4)8-10-19(17)33-5)28(12-11-27(2)3)25(31)24(21)30/h7-10,13-14,22,29H,6,11-12H2,1-5H3/b23-21+/t22-/m0/s1. The maximum atomic E-state index is 13.2. The number of likely N-dealkylation sites (tertiary alicyclic amines) is 1. The largest absolute Gasteiger partial charge is 0.507 e. The summed E-state index contributed by atoms with van der Waals surface area (Å²) in [4.78, 5) is 29.7. The van der Waals surface area contributed by atoms with Gasteiger partial charge in [-0.05, 0) is 57.4 Å². The lowest BCUT2D eigenvalue weighted by molar-refractivity contribution is -0.140. The Kier molecular flexibility index (Phi) is 8.06. The van der Waals surface area contributed by atoms with Crippen molar-refractivity contribution in [3.05, 3.63) is 58.1 Å². The summed E-state index contributed by atoms with van der Waals surface area (Å²) in [5, 5.41) is 11.5. The molecule has 0 spiro atoms. The Labute approximate surface area is 204 Å². The lowest BCUT2D eigenvalue weighted by Gasteiger charge is -2.28. The molecule has 1 aliphatic rings. The van der Waals surface area contributed by atoms with Gasteiger partial charge in [-0.15, -0.1) is 0 Å². The second kappa shape index (κ2) is 10.8. The van der Waals surface area contributed by atoms with Crippen LogP contribution in [0.15, 0.2) is 42.0 Å². The summed E-state index contributed by atoms with van der Waals surface area (Å²) in [6, 6.07) is 8.97. The normalized spacial score (nSPS) is 17.4. The molecule has 2 aromatic carbocycles. The van der Waals surface area contributed by atoms with Gasteiger partial charge in [-0.3, -0.25) is 9.59 Å². The molecule has 1 N–H and O–H groups in total. The van der Waals surface area contributed by atoms with Crippen LogP contribution in [0.2, 0.25) is 5.02 Å². The van der Waals surface area contributed by atoms with Gasteiger partial charge in [0, 0.05) is 24.2 Å². The molecule has 0 aliphatic carbocycles. The maximum Gasteiger partial charge on any atom is 0.295 e. The molecule has 1 atom stereocenters. The highest BCUT2D eigenvalue weighted by Crippen LogP contribution is 2.44. The molecule has 0 bridgehead atoms. The van der Waals surface area contributed by atoms with Gasteiger partial charge < -0.3 is 29.1 Å². The highest BCUT2D eigenvalue weighted by Gasteiger charge is 2.47. The molecule has 2 aromatic rings. The Balaban J connectivity index is 2.22. The molecule has 1 aliphatic heterocycles. The average Bonchev–Trinajstić information content (AvgIpc) is 3.07. The van der Waals surface area contributed by atoms with E-state index in [9.17, 15) is 14.7 Å². The Hall–Kier alpha value is -3.23. The minimum Gasteiger partial charge on any atom is -0.507 e. The topological polar surface area (TPSA) is 88.5 Å². The van der Waals surface area contributed by atoms with Crippen molar-refractivity contribution in [2.45, 2.75) is 13.0 Å². The van der Waals surface area contributed by atoms with Crippen molar-refractivity contribution < 1.29 is 28.9 Å². The number of hydrogen-bond acceptors (Lipinski definition) is 7. The molecule has 182 valence electrons. The van der Waals surface area contributed by atoms with E-state index < -0.39 is 17.7 Å². The first-order valence-corrected chi connectivity index (χ1v) is 11.2. The Morgan fingerprint density at radius 2 is 1.79 bits per heavy atom. The number of halogens is 1. The van der Waals surface area contributed by atoms with Crippen molar-refractivity contribution in [2.24, 2.45) is 0 Å². The Bertz CT molecular complexity index is 1110. The zero-order chi connectivity index (χ0) is 25.0. The number of ketones is 1. The monoisotopic (exact) mass is 488 g/mol. The average molecular weight is 489 g/mol. The number of likely N-dealkylation sites (N-methyl/N-ethyl adjacent to an activating group) is 1. The summed E-state index contributed by atoms with van der Waals surface area (Å²) in [5.41, 5.74) is 0.778. The van der Waals surface area contributed by atoms with E-state index in [-0.39, 0.29) is 22.9 Å². The van der Waals surface area contributed by atoms with Gasteiger partial charge in [-0.25, -0.2) is 0 Å². The number of carbonyl (C=O) groups is 2. The van der Waals surface area contributed by atoms with Crippen LogP contribution in [0.25, 0.3) is 5.76 Å². The third-order valence-corrected chi connectivity index (χ3v) is 5.86. The number of methoxy groups -OCH3 is 2. The number of Topliss-reactive ketones (excluding diaryl/α,β-unsaturated/α-hetero) is 1. The van der Waals surface area contributed by atoms with Crippen LogP contribution in [-0.2, 0) is 9.59 Å². The van der Waals surface area contributed by atoms with Gasteiger partial charge >= 0.3 is 0 Å². The number of aliphatic hydroxyl groups excluding tert-OH is 1. The number of benzene rings is 2. The molecule has 34 heavy (non-hydrogen) atoms. The number of nitrogens with zero attached hydrogens (tertiary/aromatic N) is 2. The molecule has 1 fully saturated rings. The fourth-order valence-corrected chi connectivity index (χ4v) is 4.11. The van der Waals surface area contributed by atoms with Crippen LogP contribution in [0.1, 0.15) is 24.1 Å². The molecule has 9 heteroatoms. The van der Waals surface area contributed by atoms with E-state index in [1.54, 1.807) is 30.3 Å². The second-order valence-electron chi connectivity index (χ2n) is 7.98. The van der Waals surface area contributed by atoms with Crippen LogP contribution in [0.5, 0.6) is 17.2 Å². The third kappa shape index (κ3) is 4.98. The highest BCUT2D eigenvalue weighted by molar-refractivity contribution is 6.46. The fraction of sp³-hybridized carbons (Fsp3) is 0.360. The number of amides is 1. The number of hydrogen-bond donors (Lipinski definition) is 1. The Morgan fingerprint density at radius 1 is 1.09 bits per heavy atom. The summed E-state index contributed by atoms with van der Waals surface area (Å²) in [5.74, 6) is -0.369. The molecule has 8 nitrogen and oxygen atoms in total. The lowest BCUT2D eigenvalue weighted by Crippen LogP contribution is -2.35. The lowest BCUT2D eigenvalue weighted by atomic mass is 9.94. The molecule has 0 aromatic heterocycles. The van der Waals surface area contributed by atoms with Crippen LogP contribution in [0, 0.1) is 0 Å². The van der Waals surface area contributed by atoms with Gasteiger partial charge in [0.25, 0.3) is 11.7 Å². The van der Waals surface area contributed by atoms with Crippen LogP contribution >= 0.6 is 11.6 Å². The summed E-state index contributed by atoms with van der Waals surface area (Å²) in [6.07, 6.45) is 0. The van der Waals surface area contributed by atoms with E-state index in [0.29, 0.717) is 41.5 Å². The SMILES string of the molecule is CCOc1ccc(/C(O)=C2\C(=O)C(=O)N(CCN(C)C)[C@H]2c2cc(OC)ccc2OC)cc1Cl. The molecule has 0 unspecified atom stereocenters. The zero-order valence-electron chi connectivity index (χ0n) is 19.9. The maximum absolute atomic E-state index is 13.2. The number of aliphatic hydroxyl groups is 1. The summed E-state index contributed by atoms with van der Waals surface area (Å²) >= 11 is 6.31.